The Morgan fingerprint density at radius 3 is 2.38 bits per heavy atom. The fourth-order valence-corrected chi connectivity index (χ4v) is 1.20. The average Bonchev–Trinajstić information content (AvgIpc) is 2.63. The molecule has 0 aromatic heterocycles. The number of carbonyl (C=O) groups is 1. The molecule has 0 saturated carbocycles. The van der Waals surface area contributed by atoms with Crippen molar-refractivity contribution in [3.63, 3.8) is 0 Å². The summed E-state index contributed by atoms with van der Waals surface area (Å²) in [6.07, 6.45) is 3.77. The van der Waals surface area contributed by atoms with Gasteiger partial charge in [0, 0.05) is 9.05 Å². The molecular weight excluding hydrogens is 317 g/mol. The minimum absolute atomic E-state index is 0. The Morgan fingerprint density at radius 1 is 1.25 bits per heavy atom. The van der Waals surface area contributed by atoms with E-state index in [0.29, 0.717) is 0 Å². The van der Waals surface area contributed by atoms with Gasteiger partial charge in [-0.2, -0.15) is 0 Å². The first kappa shape index (κ1) is 17.7. The summed E-state index contributed by atoms with van der Waals surface area (Å²) in [4.78, 5) is 10.8. The van der Waals surface area contributed by atoms with Gasteiger partial charge in [0.1, 0.15) is 6.17 Å². The van der Waals surface area contributed by atoms with Crippen LogP contribution in [0.15, 0.2) is 23.5 Å². The lowest BCUT2D eigenvalue weighted by molar-refractivity contribution is 0.247. The van der Waals surface area contributed by atoms with Crippen molar-refractivity contribution < 1.29 is 7.65 Å². The van der Waals surface area contributed by atoms with Crippen LogP contribution < -0.4 is 16.0 Å². The van der Waals surface area contributed by atoms with E-state index in [1.807, 2.05) is 46.9 Å². The Kier molecular flexibility index (Phi) is 10.5. The monoisotopic (exact) mass is 343 g/mol. The number of rotatable bonds is 0. The number of nitrogens with one attached hydrogen (secondary N) is 3. The minimum Gasteiger partial charge on any atom is -0.366 e. The normalized spacial score (nSPS) is 19.6. The van der Waals surface area contributed by atoms with Gasteiger partial charge in [-0.25, -0.2) is 4.79 Å². The van der Waals surface area contributed by atoms with Crippen LogP contribution in [-0.4, -0.2) is 12.2 Å². The lowest BCUT2D eigenvalue weighted by atomic mass is 10.2. The number of fused-ring (bicyclic) bond motifs is 1. The number of allylic oxidation sites excluding steroid dienone is 2. The highest BCUT2D eigenvalue weighted by Crippen LogP contribution is 2.11. The predicted octanol–water partition coefficient (Wildman–Crippen LogP) is 3.18. The molecule has 0 aliphatic carbocycles. The molecular formula is C11H26IN3O. The van der Waals surface area contributed by atoms with Gasteiger partial charge in [-0.05, 0) is 18.6 Å². The Hall–Kier alpha value is -0.720. The molecule has 2 rings (SSSR count). The maximum atomic E-state index is 10.8. The summed E-state index contributed by atoms with van der Waals surface area (Å²) in [6.45, 7) is 9.97. The van der Waals surface area contributed by atoms with Crippen molar-refractivity contribution >= 4 is 30.0 Å². The van der Waals surface area contributed by atoms with Crippen LogP contribution in [0.4, 0.5) is 4.79 Å². The van der Waals surface area contributed by atoms with Crippen LogP contribution in [0.3, 0.4) is 0 Å². The number of urea groups is 1. The van der Waals surface area contributed by atoms with E-state index in [9.17, 15) is 4.79 Å². The zero-order valence-corrected chi connectivity index (χ0v) is 12.9. The number of hydrogen-bond acceptors (Lipinski definition) is 2. The maximum absolute atomic E-state index is 10.8. The first-order valence-corrected chi connectivity index (χ1v) is 5.47. The highest BCUT2D eigenvalue weighted by molar-refractivity contribution is 14.0. The smallest absolute Gasteiger partial charge is 0.321 e. The number of carbonyl (C=O) groups excluding carboxylic acids is 1. The van der Waals surface area contributed by atoms with Crippen LogP contribution >= 0.6 is 24.0 Å². The molecule has 2 heterocycles. The zero-order chi connectivity index (χ0) is 11.8. The lowest BCUT2D eigenvalue weighted by Gasteiger charge is -2.15. The molecule has 1 saturated heterocycles. The largest absolute Gasteiger partial charge is 0.366 e. The van der Waals surface area contributed by atoms with Gasteiger partial charge in [0.2, 0.25) is 0 Å². The van der Waals surface area contributed by atoms with E-state index in [-0.39, 0.29) is 39.0 Å². The fourth-order valence-electron chi connectivity index (χ4n) is 1.20. The molecule has 0 aromatic rings. The molecule has 16 heavy (non-hydrogen) atoms. The SMILES string of the molecule is CC.CC.CC1=CNC2NC(=O)NC2=C1.I.[HH].[HH]. The molecule has 98 valence electrons. The third-order valence-corrected chi connectivity index (χ3v) is 1.71. The quantitative estimate of drug-likeness (QED) is 0.592. The summed E-state index contributed by atoms with van der Waals surface area (Å²) >= 11 is 0. The van der Waals surface area contributed by atoms with Crippen molar-refractivity contribution in [3.05, 3.63) is 23.5 Å². The van der Waals surface area contributed by atoms with Gasteiger partial charge >= 0.3 is 6.03 Å². The van der Waals surface area contributed by atoms with E-state index in [1.54, 1.807) is 0 Å². The zero-order valence-electron chi connectivity index (χ0n) is 10.5. The maximum Gasteiger partial charge on any atom is 0.321 e. The van der Waals surface area contributed by atoms with E-state index in [2.05, 4.69) is 16.0 Å². The van der Waals surface area contributed by atoms with Crippen LogP contribution in [0.25, 0.3) is 0 Å². The summed E-state index contributed by atoms with van der Waals surface area (Å²) in [6, 6.07) is -0.142. The summed E-state index contributed by atoms with van der Waals surface area (Å²) in [7, 11) is 0. The predicted molar refractivity (Wildman–Crippen MR) is 82.8 cm³/mol. The van der Waals surface area contributed by atoms with E-state index in [4.69, 9.17) is 0 Å². The van der Waals surface area contributed by atoms with Crippen LogP contribution in [0, 0.1) is 0 Å². The van der Waals surface area contributed by atoms with E-state index < -0.39 is 0 Å². The van der Waals surface area contributed by atoms with E-state index >= 15 is 0 Å². The second-order valence-corrected chi connectivity index (χ2v) is 2.69. The van der Waals surface area contributed by atoms with Gasteiger partial charge in [-0.3, -0.25) is 0 Å². The van der Waals surface area contributed by atoms with Crippen molar-refractivity contribution in [2.75, 3.05) is 0 Å². The lowest BCUT2D eigenvalue weighted by Crippen LogP contribution is -2.37. The summed E-state index contributed by atoms with van der Waals surface area (Å²) < 4.78 is 0. The van der Waals surface area contributed by atoms with E-state index in [0.717, 1.165) is 11.3 Å². The number of dihydropyridines is 1. The van der Waals surface area contributed by atoms with Crippen molar-refractivity contribution in [1.82, 2.24) is 16.0 Å². The molecule has 1 atom stereocenters. The highest BCUT2D eigenvalue weighted by Gasteiger charge is 2.26. The molecule has 4 nitrogen and oxygen atoms in total. The Labute approximate surface area is 118 Å². The average molecular weight is 343 g/mol. The highest BCUT2D eigenvalue weighted by atomic mass is 127. The fraction of sp³-hybridized carbons (Fsp3) is 0.545. The van der Waals surface area contributed by atoms with Gasteiger partial charge in [-0.1, -0.05) is 27.7 Å². The standard InChI is InChI=1S/C7H9N3O.2C2H6.HI.2H2/c1-4-2-5-6(8-3-4)10-7(11)9-5;2*1-2;;;/h2-3,6,8H,1H3,(H2,9,10,11);2*1-2H3;3*1H. The number of halogens is 1. The van der Waals surface area contributed by atoms with Crippen LogP contribution in [0.2, 0.25) is 0 Å². The van der Waals surface area contributed by atoms with Crippen molar-refractivity contribution in [2.45, 2.75) is 40.8 Å². The van der Waals surface area contributed by atoms with Crippen molar-refractivity contribution in [1.29, 1.82) is 0 Å². The van der Waals surface area contributed by atoms with Crippen molar-refractivity contribution in [2.24, 2.45) is 0 Å². The number of amides is 2. The van der Waals surface area contributed by atoms with Crippen LogP contribution in [0.5, 0.6) is 0 Å². The first-order valence-electron chi connectivity index (χ1n) is 5.47. The topological polar surface area (TPSA) is 53.2 Å². The van der Waals surface area contributed by atoms with Gasteiger partial charge in [0.05, 0.1) is 5.70 Å². The molecule has 0 spiro atoms. The first-order chi connectivity index (χ1) is 7.25. The molecule has 0 radical (unpaired) electrons. The second kappa shape index (κ2) is 9.50. The third kappa shape index (κ3) is 4.87. The molecule has 2 amide bonds. The molecule has 1 unspecified atom stereocenters. The summed E-state index contributed by atoms with van der Waals surface area (Å²) in [5.74, 6) is 0. The van der Waals surface area contributed by atoms with Crippen LogP contribution in [0.1, 0.15) is 37.5 Å². The Bertz CT molecular complexity index is 283. The van der Waals surface area contributed by atoms with Crippen molar-refractivity contribution in [3.8, 4) is 0 Å². The second-order valence-electron chi connectivity index (χ2n) is 2.69. The third-order valence-electron chi connectivity index (χ3n) is 1.71. The molecule has 0 aromatic carbocycles. The molecule has 5 heteroatoms. The minimum atomic E-state index is -0.142. The number of hydrogen-bond donors (Lipinski definition) is 3. The molecule has 0 bridgehead atoms. The van der Waals surface area contributed by atoms with Gasteiger partial charge in [0.15, 0.2) is 0 Å². The summed E-state index contributed by atoms with van der Waals surface area (Å²) in [5.41, 5.74) is 2.01. The Morgan fingerprint density at radius 2 is 1.81 bits per heavy atom. The summed E-state index contributed by atoms with van der Waals surface area (Å²) in [5, 5.41) is 8.43. The Balaban J connectivity index is -0.000000129. The molecule has 2 aliphatic heterocycles. The van der Waals surface area contributed by atoms with Gasteiger partial charge in [0.25, 0.3) is 0 Å². The molecule has 2 aliphatic rings. The van der Waals surface area contributed by atoms with Crippen LogP contribution in [-0.2, 0) is 0 Å². The van der Waals surface area contributed by atoms with E-state index in [1.165, 1.54) is 0 Å². The molecule has 1 fully saturated rings. The van der Waals surface area contributed by atoms with Gasteiger partial charge < -0.3 is 16.0 Å². The molecule has 3 N–H and O–H groups in total. The van der Waals surface area contributed by atoms with Gasteiger partial charge in [-0.15, -0.1) is 24.0 Å².